The van der Waals surface area contributed by atoms with Gasteiger partial charge in [0.05, 0.1) is 38.4 Å². The molecule has 4 aliphatic carbocycles. The number of rotatable bonds is 5. The number of hydrogen-bond donors (Lipinski definition) is 0. The van der Waals surface area contributed by atoms with Crippen molar-refractivity contribution in [2.75, 3.05) is 14.2 Å². The normalized spacial score (nSPS) is 34.5. The molecular formula is C33H33N3O3. The van der Waals surface area contributed by atoms with E-state index in [1.807, 2.05) is 54.7 Å². The quantitative estimate of drug-likeness (QED) is 0.480. The third-order valence-corrected chi connectivity index (χ3v) is 10.5. The van der Waals surface area contributed by atoms with Crippen LogP contribution in [0, 0.1) is 51.2 Å². The molecule has 39 heavy (non-hydrogen) atoms. The third kappa shape index (κ3) is 3.27. The number of ether oxygens (including phenoxy) is 2. The number of hydrogen-bond acceptors (Lipinski definition) is 6. The molecule has 6 nitrogen and oxygen atoms in total. The molecule has 1 saturated heterocycles. The summed E-state index contributed by atoms with van der Waals surface area (Å²) in [6.45, 7) is 0. The van der Waals surface area contributed by atoms with Gasteiger partial charge in [-0.3, -0.25) is 4.79 Å². The molecule has 0 radical (unpaired) electrons. The van der Waals surface area contributed by atoms with Gasteiger partial charge in [-0.25, -0.2) is 0 Å². The second-order valence-corrected chi connectivity index (χ2v) is 12.5. The van der Waals surface area contributed by atoms with Gasteiger partial charge < -0.3 is 14.4 Å². The Labute approximate surface area is 229 Å². The molecule has 0 unspecified atom stereocenters. The summed E-state index contributed by atoms with van der Waals surface area (Å²) >= 11 is 0. The van der Waals surface area contributed by atoms with Crippen LogP contribution in [-0.4, -0.2) is 30.9 Å². The predicted octanol–water partition coefficient (Wildman–Crippen LogP) is 6.02. The van der Waals surface area contributed by atoms with E-state index in [0.29, 0.717) is 29.3 Å². The molecular weight excluding hydrogens is 486 g/mol. The number of Topliss-reactive ketones (excluding diaryl/α,β-unsaturated/α-hetero) is 1. The van der Waals surface area contributed by atoms with Gasteiger partial charge in [0, 0.05) is 17.5 Å². The average Bonchev–Trinajstić information content (AvgIpc) is 3.26. The van der Waals surface area contributed by atoms with Gasteiger partial charge in [-0.2, -0.15) is 10.5 Å². The zero-order chi connectivity index (χ0) is 26.9. The number of ketones is 1. The molecule has 198 valence electrons. The smallest absolute Gasteiger partial charge is 0.177 e. The van der Waals surface area contributed by atoms with Gasteiger partial charge in [-0.15, -0.1) is 0 Å². The minimum absolute atomic E-state index is 0.225. The summed E-state index contributed by atoms with van der Waals surface area (Å²) < 4.78 is 11.1. The second kappa shape index (κ2) is 8.62. The van der Waals surface area contributed by atoms with E-state index in [2.05, 4.69) is 17.0 Å². The molecule has 2 aromatic carbocycles. The first kappa shape index (κ1) is 24.3. The van der Waals surface area contributed by atoms with Crippen molar-refractivity contribution in [1.82, 2.24) is 4.90 Å². The molecule has 2 heterocycles. The molecule has 2 aromatic rings. The van der Waals surface area contributed by atoms with Crippen LogP contribution in [0.1, 0.15) is 67.2 Å². The topological polar surface area (TPSA) is 86.4 Å². The summed E-state index contributed by atoms with van der Waals surface area (Å²) in [5.41, 5.74) is 0.837. The highest BCUT2D eigenvalue weighted by Crippen LogP contribution is 2.65. The Morgan fingerprint density at radius 1 is 0.923 bits per heavy atom. The monoisotopic (exact) mass is 519 g/mol. The molecule has 8 rings (SSSR count). The average molecular weight is 520 g/mol. The fourth-order valence-electron chi connectivity index (χ4n) is 9.44. The van der Waals surface area contributed by atoms with Gasteiger partial charge in [-0.1, -0.05) is 30.3 Å². The summed E-state index contributed by atoms with van der Waals surface area (Å²) in [5, 5.41) is 21.8. The van der Waals surface area contributed by atoms with Gasteiger partial charge in [-0.05, 0) is 91.2 Å². The van der Waals surface area contributed by atoms with E-state index in [-0.39, 0.29) is 11.2 Å². The molecule has 0 amide bonds. The van der Waals surface area contributed by atoms with Crippen LogP contribution in [0.25, 0.3) is 6.08 Å². The van der Waals surface area contributed by atoms with Crippen LogP contribution in [0.5, 0.6) is 11.5 Å². The zero-order valence-corrected chi connectivity index (χ0v) is 22.5. The molecule has 6 aliphatic rings. The van der Waals surface area contributed by atoms with Crippen molar-refractivity contribution in [3.63, 3.8) is 0 Å². The maximum absolute atomic E-state index is 15.1. The number of fused-ring (bicyclic) bond motifs is 3. The van der Waals surface area contributed by atoms with Crippen molar-refractivity contribution < 1.29 is 14.3 Å². The van der Waals surface area contributed by atoms with E-state index < -0.39 is 23.4 Å². The first-order valence-corrected chi connectivity index (χ1v) is 14.1. The number of nitrogens with zero attached hydrogens (tertiary/aromatic N) is 3. The fraction of sp³-hybridized carbons (Fsp3) is 0.485. The first-order chi connectivity index (χ1) is 19.0. The van der Waals surface area contributed by atoms with Crippen LogP contribution in [0.4, 0.5) is 0 Å². The van der Waals surface area contributed by atoms with E-state index in [1.165, 1.54) is 19.3 Å². The van der Waals surface area contributed by atoms with Crippen molar-refractivity contribution in [2.24, 2.45) is 28.6 Å². The number of carbonyl (C=O) groups is 1. The lowest BCUT2D eigenvalue weighted by Crippen LogP contribution is -2.55. The fourth-order valence-corrected chi connectivity index (χ4v) is 9.44. The highest BCUT2D eigenvalue weighted by atomic mass is 16.5. The molecule has 3 atom stereocenters. The molecule has 0 spiro atoms. The molecule has 4 saturated carbocycles. The summed E-state index contributed by atoms with van der Waals surface area (Å²) in [4.78, 5) is 17.2. The molecule has 5 fully saturated rings. The van der Waals surface area contributed by atoms with E-state index in [0.717, 1.165) is 36.0 Å². The Bertz CT molecular complexity index is 1410. The van der Waals surface area contributed by atoms with E-state index in [1.54, 1.807) is 14.2 Å². The van der Waals surface area contributed by atoms with E-state index >= 15 is 4.79 Å². The largest absolute Gasteiger partial charge is 0.493 e. The van der Waals surface area contributed by atoms with E-state index in [9.17, 15) is 10.5 Å². The van der Waals surface area contributed by atoms with Gasteiger partial charge >= 0.3 is 0 Å². The second-order valence-electron chi connectivity index (χ2n) is 12.5. The maximum Gasteiger partial charge on any atom is 0.177 e. The minimum Gasteiger partial charge on any atom is -0.493 e. The Balaban J connectivity index is 1.43. The number of carbonyl (C=O) groups excluding carboxylic acids is 1. The van der Waals surface area contributed by atoms with Crippen molar-refractivity contribution in [1.29, 1.82) is 10.5 Å². The van der Waals surface area contributed by atoms with Crippen LogP contribution >= 0.6 is 0 Å². The lowest BCUT2D eigenvalue weighted by molar-refractivity contribution is -0.148. The predicted molar refractivity (Wildman–Crippen MR) is 145 cm³/mol. The van der Waals surface area contributed by atoms with Crippen molar-refractivity contribution in [3.8, 4) is 23.6 Å². The zero-order valence-electron chi connectivity index (χ0n) is 22.5. The van der Waals surface area contributed by atoms with E-state index in [4.69, 9.17) is 9.47 Å². The highest BCUT2D eigenvalue weighted by molar-refractivity contribution is 5.93. The SMILES string of the molecule is COc1ccc([C@@H]2[C@H](C(=O)C34CC5CC(CC(C5)C3)C4)N3C=Cc4ccccc4[C@H]3C2(C#N)C#N)cc1OC. The van der Waals surface area contributed by atoms with Crippen LogP contribution in [-0.2, 0) is 4.79 Å². The van der Waals surface area contributed by atoms with Gasteiger partial charge in [0.15, 0.2) is 22.7 Å². The molecule has 4 bridgehead atoms. The summed E-state index contributed by atoms with van der Waals surface area (Å²) in [6.07, 6.45) is 10.6. The summed E-state index contributed by atoms with van der Waals surface area (Å²) in [6, 6.07) is 17.3. The van der Waals surface area contributed by atoms with Gasteiger partial charge in [0.2, 0.25) is 0 Å². The Morgan fingerprint density at radius 3 is 2.18 bits per heavy atom. The molecule has 0 N–H and O–H groups in total. The third-order valence-electron chi connectivity index (χ3n) is 10.5. The summed E-state index contributed by atoms with van der Waals surface area (Å²) in [5.74, 6) is 2.53. The molecule has 0 aromatic heterocycles. The Hall–Kier alpha value is -3.77. The van der Waals surface area contributed by atoms with Crippen LogP contribution in [0.3, 0.4) is 0 Å². The van der Waals surface area contributed by atoms with Gasteiger partial charge in [0.25, 0.3) is 0 Å². The lowest BCUT2D eigenvalue weighted by atomic mass is 9.47. The van der Waals surface area contributed by atoms with Crippen LogP contribution < -0.4 is 9.47 Å². The maximum atomic E-state index is 15.1. The molecule has 2 aliphatic heterocycles. The summed E-state index contributed by atoms with van der Waals surface area (Å²) in [7, 11) is 3.17. The lowest BCUT2D eigenvalue weighted by Gasteiger charge is -2.57. The Kier molecular flexibility index (Phi) is 5.37. The van der Waals surface area contributed by atoms with Crippen LogP contribution in [0.2, 0.25) is 0 Å². The van der Waals surface area contributed by atoms with Crippen LogP contribution in [0.15, 0.2) is 48.7 Å². The molecule has 6 heteroatoms. The number of nitriles is 2. The highest BCUT2D eigenvalue weighted by Gasteiger charge is 2.67. The van der Waals surface area contributed by atoms with Crippen molar-refractivity contribution in [2.45, 2.75) is 56.5 Å². The Morgan fingerprint density at radius 2 is 1.56 bits per heavy atom. The number of methoxy groups -OCH3 is 2. The minimum atomic E-state index is -1.47. The van der Waals surface area contributed by atoms with Crippen molar-refractivity contribution in [3.05, 3.63) is 65.4 Å². The van der Waals surface area contributed by atoms with Gasteiger partial charge in [0.1, 0.15) is 0 Å². The number of benzene rings is 2. The van der Waals surface area contributed by atoms with Crippen molar-refractivity contribution >= 4 is 11.9 Å². The standard InChI is InChI=1S/C33H33N3O3/c1-38-26-8-7-24(14-27(26)39-2)28-29(31(37)32-15-20-11-21(16-32)13-22(12-20)17-32)36-10-9-23-5-3-4-6-25(23)30(36)33(28,18-34)19-35/h3-10,14,20-22,28-30H,11-13,15-17H2,1-2H3/t20?,21?,22?,28-,29-,30+,32?/m1/s1. The first-order valence-electron chi connectivity index (χ1n) is 14.1.